The molecule has 0 N–H and O–H groups in total. The smallest absolute Gasteiger partial charge is 0.175 e. The van der Waals surface area contributed by atoms with Gasteiger partial charge >= 0.3 is 0 Å². The van der Waals surface area contributed by atoms with Gasteiger partial charge in [-0.1, -0.05) is 6.08 Å². The average molecular weight is 224 g/mol. The largest absolute Gasteiger partial charge is 0.196 e. The second-order valence-electron chi connectivity index (χ2n) is 5.07. The molecule has 2 bridgehead atoms. The molecule has 2 atom stereocenters. The van der Waals surface area contributed by atoms with Gasteiger partial charge in [-0.25, -0.2) is 0 Å². The van der Waals surface area contributed by atoms with Gasteiger partial charge in [0.1, 0.15) is 0 Å². The summed E-state index contributed by atoms with van der Waals surface area (Å²) in [4.78, 5) is 0. The van der Waals surface area contributed by atoms with Crippen LogP contribution in [0.25, 0.3) is 0 Å². The zero-order valence-electron chi connectivity index (χ0n) is 10.2. The first-order chi connectivity index (χ1) is 8.24. The molecule has 2 heteroatoms. The van der Waals surface area contributed by atoms with Crippen molar-refractivity contribution in [2.24, 2.45) is 17.3 Å². The molecule has 0 saturated heterocycles. The molecule has 17 heavy (non-hydrogen) atoms. The molecule has 1 saturated carbocycles. The van der Waals surface area contributed by atoms with Crippen molar-refractivity contribution in [3.8, 4) is 24.0 Å². The number of hydrogen-bond acceptors (Lipinski definition) is 2. The fourth-order valence-corrected chi connectivity index (χ4v) is 3.01. The average Bonchev–Trinajstić information content (AvgIpc) is 2.70. The molecule has 2 unspecified atom stereocenters. The number of hydrogen-bond donors (Lipinski definition) is 0. The van der Waals surface area contributed by atoms with Gasteiger partial charge in [0.05, 0.1) is 12.1 Å². The van der Waals surface area contributed by atoms with Gasteiger partial charge in [-0.3, -0.25) is 0 Å². The van der Waals surface area contributed by atoms with E-state index in [2.05, 4.69) is 30.1 Å². The van der Waals surface area contributed by atoms with Crippen LogP contribution in [0.3, 0.4) is 0 Å². The van der Waals surface area contributed by atoms with Gasteiger partial charge in [-0.15, -0.1) is 11.8 Å². The van der Waals surface area contributed by atoms with E-state index >= 15 is 0 Å². The van der Waals surface area contributed by atoms with Crippen molar-refractivity contribution in [3.05, 3.63) is 11.6 Å². The molecular weight excluding hydrogens is 208 g/mol. The van der Waals surface area contributed by atoms with Crippen LogP contribution in [0.4, 0.5) is 0 Å². The number of rotatable bonds is 2. The van der Waals surface area contributed by atoms with E-state index < -0.39 is 5.41 Å². The minimum Gasteiger partial charge on any atom is -0.196 e. The molecule has 0 heterocycles. The van der Waals surface area contributed by atoms with Crippen molar-refractivity contribution in [3.63, 3.8) is 0 Å². The van der Waals surface area contributed by atoms with Crippen molar-refractivity contribution in [2.45, 2.75) is 39.0 Å². The van der Waals surface area contributed by atoms with Crippen LogP contribution in [0.2, 0.25) is 0 Å². The normalized spacial score (nSPS) is 26.2. The van der Waals surface area contributed by atoms with Gasteiger partial charge in [0.15, 0.2) is 5.41 Å². The quantitative estimate of drug-likeness (QED) is 0.534. The van der Waals surface area contributed by atoms with Crippen molar-refractivity contribution >= 4 is 0 Å². The lowest BCUT2D eigenvalue weighted by molar-refractivity contribution is 0.452. The Kier molecular flexibility index (Phi) is 3.21. The van der Waals surface area contributed by atoms with Crippen LogP contribution < -0.4 is 0 Å². The maximum atomic E-state index is 9.37. The predicted molar refractivity (Wildman–Crippen MR) is 65.3 cm³/mol. The molecular formula is C15H16N2. The lowest BCUT2D eigenvalue weighted by Crippen LogP contribution is -2.23. The molecule has 2 aliphatic rings. The summed E-state index contributed by atoms with van der Waals surface area (Å²) >= 11 is 0. The Balaban J connectivity index is 2.31. The summed E-state index contributed by atoms with van der Waals surface area (Å²) in [6.45, 7) is 1.75. The van der Waals surface area contributed by atoms with Crippen LogP contribution in [0.1, 0.15) is 39.0 Å². The van der Waals surface area contributed by atoms with Crippen LogP contribution >= 0.6 is 0 Å². The van der Waals surface area contributed by atoms with E-state index in [0.29, 0.717) is 18.3 Å². The Morgan fingerprint density at radius 1 is 1.35 bits per heavy atom. The molecule has 0 spiro atoms. The number of allylic oxidation sites excluding steroid dienone is 2. The van der Waals surface area contributed by atoms with E-state index in [0.717, 1.165) is 12.0 Å². The Labute approximate surface area is 103 Å². The predicted octanol–water partition coefficient (Wildman–Crippen LogP) is 3.18. The first-order valence-corrected chi connectivity index (χ1v) is 6.17. The maximum Gasteiger partial charge on any atom is 0.175 e. The Bertz CT molecular complexity index is 462. The Hall–Kier alpha value is -1.72. The Morgan fingerprint density at radius 2 is 2.12 bits per heavy atom. The maximum absolute atomic E-state index is 9.37. The van der Waals surface area contributed by atoms with Gasteiger partial charge in [0, 0.05) is 6.42 Å². The van der Waals surface area contributed by atoms with Crippen LogP contribution in [-0.4, -0.2) is 0 Å². The van der Waals surface area contributed by atoms with Gasteiger partial charge in [0.25, 0.3) is 0 Å². The van der Waals surface area contributed by atoms with E-state index in [1.165, 1.54) is 19.3 Å². The lowest BCUT2D eigenvalue weighted by atomic mass is 9.73. The highest BCUT2D eigenvalue weighted by Crippen LogP contribution is 2.46. The molecule has 1 fully saturated rings. The summed E-state index contributed by atoms with van der Waals surface area (Å²) in [5, 5.41) is 18.7. The molecule has 0 aromatic carbocycles. The zero-order valence-corrected chi connectivity index (χ0v) is 10.2. The SMILES string of the molecule is CC#CCC(C#N)(C#N)C1=CC2CCC(C1)C2. The van der Waals surface area contributed by atoms with Gasteiger partial charge in [-0.2, -0.15) is 10.5 Å². The third-order valence-corrected chi connectivity index (χ3v) is 3.99. The molecule has 0 aliphatic heterocycles. The fraction of sp³-hybridized carbons (Fsp3) is 0.600. The van der Waals surface area contributed by atoms with Gasteiger partial charge in [-0.05, 0) is 50.0 Å². The third kappa shape index (κ3) is 2.07. The van der Waals surface area contributed by atoms with Gasteiger partial charge < -0.3 is 0 Å². The van der Waals surface area contributed by atoms with E-state index in [1.807, 2.05) is 0 Å². The standard InChI is InChI=1S/C15H16N2/c1-2-3-6-15(10-16,11-17)14-8-12-4-5-13(7-12)9-14/h8,12-13H,4-7,9H2,1H3. The summed E-state index contributed by atoms with van der Waals surface area (Å²) in [6, 6.07) is 4.41. The van der Waals surface area contributed by atoms with Crippen LogP contribution in [0.15, 0.2) is 11.6 Å². The molecule has 86 valence electrons. The van der Waals surface area contributed by atoms with Crippen molar-refractivity contribution in [1.29, 1.82) is 10.5 Å². The summed E-state index contributed by atoms with van der Waals surface area (Å²) < 4.78 is 0. The van der Waals surface area contributed by atoms with Crippen LogP contribution in [0.5, 0.6) is 0 Å². The summed E-state index contributed by atoms with van der Waals surface area (Å²) in [7, 11) is 0. The molecule has 2 rings (SSSR count). The molecule has 0 radical (unpaired) electrons. The highest BCUT2D eigenvalue weighted by molar-refractivity contribution is 5.37. The van der Waals surface area contributed by atoms with Crippen molar-refractivity contribution in [2.75, 3.05) is 0 Å². The number of nitriles is 2. The molecule has 2 nitrogen and oxygen atoms in total. The van der Waals surface area contributed by atoms with E-state index in [1.54, 1.807) is 6.92 Å². The van der Waals surface area contributed by atoms with Gasteiger partial charge in [0.2, 0.25) is 0 Å². The highest BCUT2D eigenvalue weighted by atomic mass is 14.5. The lowest BCUT2D eigenvalue weighted by Gasteiger charge is -2.26. The number of fused-ring (bicyclic) bond motifs is 2. The molecule has 0 aromatic rings. The van der Waals surface area contributed by atoms with E-state index in [4.69, 9.17) is 0 Å². The van der Waals surface area contributed by atoms with Crippen LogP contribution in [0, 0.1) is 51.8 Å². The topological polar surface area (TPSA) is 47.6 Å². The monoisotopic (exact) mass is 224 g/mol. The molecule has 0 aromatic heterocycles. The van der Waals surface area contributed by atoms with E-state index in [9.17, 15) is 10.5 Å². The summed E-state index contributed by atoms with van der Waals surface area (Å²) in [6.07, 6.45) is 7.17. The minimum atomic E-state index is -0.996. The molecule has 2 aliphatic carbocycles. The highest BCUT2D eigenvalue weighted by Gasteiger charge is 2.40. The van der Waals surface area contributed by atoms with Crippen molar-refractivity contribution < 1.29 is 0 Å². The first kappa shape index (κ1) is 11.8. The second kappa shape index (κ2) is 4.65. The summed E-state index contributed by atoms with van der Waals surface area (Å²) in [5.41, 5.74) is 0.0357. The Morgan fingerprint density at radius 3 is 2.71 bits per heavy atom. The van der Waals surface area contributed by atoms with Crippen LogP contribution in [-0.2, 0) is 0 Å². The zero-order chi connectivity index (χ0) is 12.3. The molecule has 0 amide bonds. The number of nitrogens with zero attached hydrogens (tertiary/aromatic N) is 2. The third-order valence-electron chi connectivity index (χ3n) is 3.99. The summed E-state index contributed by atoms with van der Waals surface area (Å²) in [5.74, 6) is 6.98. The second-order valence-corrected chi connectivity index (χ2v) is 5.07. The van der Waals surface area contributed by atoms with E-state index in [-0.39, 0.29) is 0 Å². The minimum absolute atomic E-state index is 0.349. The van der Waals surface area contributed by atoms with Crippen molar-refractivity contribution in [1.82, 2.24) is 0 Å². The fourth-order valence-electron chi connectivity index (χ4n) is 3.01. The first-order valence-electron chi connectivity index (χ1n) is 6.17.